The lowest BCUT2D eigenvalue weighted by Crippen LogP contribution is -2.46. The molecule has 0 aromatic carbocycles. The maximum absolute atomic E-state index is 3.91. The van der Waals surface area contributed by atoms with Crippen molar-refractivity contribution < 1.29 is 0 Å². The Hall–Kier alpha value is 0.0249. The van der Waals surface area contributed by atoms with Gasteiger partial charge in [0.15, 0.2) is 0 Å². The van der Waals surface area contributed by atoms with E-state index in [4.69, 9.17) is 0 Å². The molecule has 4 unspecified atom stereocenters. The second-order valence-electron chi connectivity index (χ2n) is 6.89. The normalized spacial score (nSPS) is 34.3. The molecule has 0 aromatic heterocycles. The van der Waals surface area contributed by atoms with E-state index in [0.717, 1.165) is 29.6 Å². The van der Waals surface area contributed by atoms with Crippen LogP contribution in [-0.4, -0.2) is 19.4 Å². The Balaban J connectivity index is 1.74. The number of hydrogen-bond acceptors (Lipinski definition) is 1. The van der Waals surface area contributed by atoms with E-state index in [-0.39, 0.29) is 0 Å². The lowest BCUT2D eigenvalue weighted by molar-refractivity contribution is 0.307. The van der Waals surface area contributed by atoms with Gasteiger partial charge in [-0.05, 0) is 25.2 Å². The van der Waals surface area contributed by atoms with Crippen LogP contribution in [0.3, 0.4) is 0 Å². The third kappa shape index (κ3) is 4.01. The highest BCUT2D eigenvalue weighted by Gasteiger charge is 2.37. The molecule has 0 amide bonds. The van der Waals surface area contributed by atoms with Crippen LogP contribution in [-0.2, 0) is 0 Å². The van der Waals surface area contributed by atoms with Crippen molar-refractivity contribution in [3.05, 3.63) is 0 Å². The van der Waals surface area contributed by atoms with E-state index in [2.05, 4.69) is 26.1 Å². The molecule has 4 atom stereocenters. The highest BCUT2D eigenvalue weighted by atomic mass is 15.0. The van der Waals surface area contributed by atoms with Crippen molar-refractivity contribution in [2.24, 2.45) is 5.92 Å². The number of piperidine rings is 1. The van der Waals surface area contributed by atoms with Crippen molar-refractivity contribution >= 4 is 7.28 Å². The molecule has 2 heteroatoms. The molecular formula is C16H32BN. The molecule has 1 aliphatic heterocycles. The molecule has 2 rings (SSSR count). The monoisotopic (exact) mass is 249 g/mol. The van der Waals surface area contributed by atoms with Crippen molar-refractivity contribution in [1.82, 2.24) is 5.32 Å². The maximum atomic E-state index is 3.91. The quantitative estimate of drug-likeness (QED) is 0.668. The van der Waals surface area contributed by atoms with Crippen LogP contribution in [0.1, 0.15) is 72.1 Å². The number of unbranched alkanes of at least 4 members (excludes halogenated alkanes) is 1. The molecular weight excluding hydrogens is 217 g/mol. The second kappa shape index (κ2) is 6.98. The number of rotatable bonds is 7. The van der Waals surface area contributed by atoms with Crippen molar-refractivity contribution in [3.8, 4) is 0 Å². The van der Waals surface area contributed by atoms with Gasteiger partial charge in [-0.1, -0.05) is 64.5 Å². The Labute approximate surface area is 115 Å². The van der Waals surface area contributed by atoms with E-state index >= 15 is 0 Å². The fraction of sp³-hybridized carbons (Fsp3) is 1.00. The summed E-state index contributed by atoms with van der Waals surface area (Å²) in [6.07, 6.45) is 11.5. The van der Waals surface area contributed by atoms with Crippen LogP contribution in [0.2, 0.25) is 11.6 Å². The van der Waals surface area contributed by atoms with Gasteiger partial charge in [-0.15, -0.1) is 0 Å². The maximum Gasteiger partial charge on any atom is 0.129 e. The molecule has 0 bridgehead atoms. The number of nitrogens with one attached hydrogen (secondary N) is 1. The Morgan fingerprint density at radius 3 is 2.50 bits per heavy atom. The van der Waals surface area contributed by atoms with Gasteiger partial charge in [0, 0.05) is 12.1 Å². The Kier molecular flexibility index (Phi) is 5.60. The summed E-state index contributed by atoms with van der Waals surface area (Å²) in [6, 6.07) is 1.63. The average molecular weight is 249 g/mol. The lowest BCUT2D eigenvalue weighted by atomic mass is 9.49. The predicted molar refractivity (Wildman–Crippen MR) is 82.8 cm³/mol. The Morgan fingerprint density at radius 1 is 1.17 bits per heavy atom. The molecule has 2 aliphatic rings. The highest BCUT2D eigenvalue weighted by molar-refractivity contribution is 6.40. The van der Waals surface area contributed by atoms with Crippen LogP contribution in [0, 0.1) is 5.92 Å². The largest absolute Gasteiger partial charge is 0.312 e. The summed E-state index contributed by atoms with van der Waals surface area (Å²) in [4.78, 5) is 0. The van der Waals surface area contributed by atoms with Gasteiger partial charge in [0.05, 0.1) is 0 Å². The second-order valence-corrected chi connectivity index (χ2v) is 6.89. The van der Waals surface area contributed by atoms with Gasteiger partial charge >= 0.3 is 0 Å². The Bertz CT molecular complexity index is 239. The molecule has 2 fully saturated rings. The minimum atomic E-state index is 0.764. The van der Waals surface area contributed by atoms with E-state index in [9.17, 15) is 0 Å². The summed E-state index contributed by atoms with van der Waals surface area (Å²) in [6.45, 7) is 7.14. The lowest BCUT2D eigenvalue weighted by Gasteiger charge is -2.37. The fourth-order valence-corrected chi connectivity index (χ4v) is 3.80. The fourth-order valence-electron chi connectivity index (χ4n) is 3.80. The van der Waals surface area contributed by atoms with Gasteiger partial charge in [0.25, 0.3) is 0 Å². The molecule has 0 radical (unpaired) electrons. The highest BCUT2D eigenvalue weighted by Crippen LogP contribution is 2.40. The van der Waals surface area contributed by atoms with Gasteiger partial charge in [-0.25, -0.2) is 0 Å². The predicted octanol–water partition coefficient (Wildman–Crippen LogP) is 4.15. The van der Waals surface area contributed by atoms with Gasteiger partial charge < -0.3 is 5.32 Å². The summed E-state index contributed by atoms with van der Waals surface area (Å²) in [5.41, 5.74) is 0. The topological polar surface area (TPSA) is 12.0 Å². The van der Waals surface area contributed by atoms with Gasteiger partial charge in [0.2, 0.25) is 0 Å². The van der Waals surface area contributed by atoms with E-state index in [1.54, 1.807) is 0 Å². The van der Waals surface area contributed by atoms with Gasteiger partial charge in [-0.2, -0.15) is 0 Å². The molecule has 1 nitrogen and oxygen atoms in total. The third-order valence-electron chi connectivity index (χ3n) is 5.40. The average Bonchev–Trinajstić information content (AvgIpc) is 3.20. The zero-order valence-corrected chi connectivity index (χ0v) is 12.8. The zero-order valence-electron chi connectivity index (χ0n) is 12.8. The summed E-state index contributed by atoms with van der Waals surface area (Å²) >= 11 is 0. The van der Waals surface area contributed by atoms with Crippen molar-refractivity contribution in [2.75, 3.05) is 0 Å². The van der Waals surface area contributed by atoms with E-state index in [0.29, 0.717) is 0 Å². The van der Waals surface area contributed by atoms with Crippen molar-refractivity contribution in [2.45, 2.75) is 95.9 Å². The standard InChI is InChI=1S/C16H32BN/c1-4-6-7-14(5-2)17-15-10-11-16(13-8-9-13)18-12(15)3/h12-18H,4-11H2,1-3H3. The first-order chi connectivity index (χ1) is 8.74. The zero-order chi connectivity index (χ0) is 13.0. The van der Waals surface area contributed by atoms with Crippen molar-refractivity contribution in [3.63, 3.8) is 0 Å². The Morgan fingerprint density at radius 2 is 1.94 bits per heavy atom. The molecule has 0 aromatic rings. The van der Waals surface area contributed by atoms with Crippen molar-refractivity contribution in [1.29, 1.82) is 0 Å². The summed E-state index contributed by atoms with van der Waals surface area (Å²) in [5, 5.41) is 3.91. The summed E-state index contributed by atoms with van der Waals surface area (Å²) < 4.78 is 0. The third-order valence-corrected chi connectivity index (χ3v) is 5.40. The molecule has 1 N–H and O–H groups in total. The molecule has 18 heavy (non-hydrogen) atoms. The summed E-state index contributed by atoms with van der Waals surface area (Å²) in [7, 11) is 1.47. The van der Waals surface area contributed by atoms with E-state index in [1.165, 1.54) is 58.6 Å². The molecule has 104 valence electrons. The van der Waals surface area contributed by atoms with Crippen LogP contribution in [0.5, 0.6) is 0 Å². The first-order valence-corrected chi connectivity index (χ1v) is 8.50. The molecule has 1 aliphatic carbocycles. The summed E-state index contributed by atoms with van der Waals surface area (Å²) in [5.74, 6) is 2.97. The van der Waals surface area contributed by atoms with Crippen LogP contribution in [0.15, 0.2) is 0 Å². The van der Waals surface area contributed by atoms with Gasteiger partial charge in [-0.3, -0.25) is 0 Å². The molecule has 0 spiro atoms. The number of hydrogen-bond donors (Lipinski definition) is 1. The molecule has 1 saturated carbocycles. The molecule has 1 heterocycles. The first kappa shape index (κ1) is 14.4. The molecule has 1 saturated heterocycles. The first-order valence-electron chi connectivity index (χ1n) is 8.50. The SMILES string of the molecule is CCCCC(BC1CCC(C2CC2)NC1C)CC. The van der Waals surface area contributed by atoms with Gasteiger partial charge in [0.1, 0.15) is 7.28 Å². The minimum absolute atomic E-state index is 0.764. The van der Waals surface area contributed by atoms with E-state index in [1.807, 2.05) is 0 Å². The van der Waals surface area contributed by atoms with Crippen LogP contribution in [0.25, 0.3) is 0 Å². The van der Waals surface area contributed by atoms with Crippen LogP contribution in [0.4, 0.5) is 0 Å². The van der Waals surface area contributed by atoms with Crippen LogP contribution >= 0.6 is 0 Å². The van der Waals surface area contributed by atoms with Crippen LogP contribution < -0.4 is 5.32 Å². The minimum Gasteiger partial charge on any atom is -0.312 e. The van der Waals surface area contributed by atoms with E-state index < -0.39 is 0 Å². The smallest absolute Gasteiger partial charge is 0.129 e.